The standard InChI is InChI=1S/C14H29NS/c1-3-16-12-8-11-15-13(2)14-9-6-4-5-7-10-14/h13-15H,3-12H2,1-2H3/t13-/m1/s1. The Hall–Kier alpha value is 0.310. The van der Waals surface area contributed by atoms with Crippen molar-refractivity contribution in [3.8, 4) is 0 Å². The van der Waals surface area contributed by atoms with Crippen LogP contribution in [0.15, 0.2) is 0 Å². The molecule has 0 aromatic rings. The quantitative estimate of drug-likeness (QED) is 0.534. The Kier molecular flexibility index (Phi) is 8.40. The predicted molar refractivity (Wildman–Crippen MR) is 76.3 cm³/mol. The predicted octanol–water partition coefficient (Wildman–Crippen LogP) is 4.08. The number of thioether (sulfide) groups is 1. The molecule has 1 fully saturated rings. The summed E-state index contributed by atoms with van der Waals surface area (Å²) >= 11 is 2.06. The van der Waals surface area contributed by atoms with Gasteiger partial charge in [0.2, 0.25) is 0 Å². The maximum Gasteiger partial charge on any atom is 0.00670 e. The molecule has 96 valence electrons. The van der Waals surface area contributed by atoms with E-state index in [4.69, 9.17) is 0 Å². The highest BCUT2D eigenvalue weighted by Gasteiger charge is 2.17. The largest absolute Gasteiger partial charge is 0.314 e. The molecule has 16 heavy (non-hydrogen) atoms. The zero-order valence-electron chi connectivity index (χ0n) is 11.1. The van der Waals surface area contributed by atoms with Crippen molar-refractivity contribution in [1.82, 2.24) is 5.32 Å². The summed E-state index contributed by atoms with van der Waals surface area (Å²) in [7, 11) is 0. The normalized spacial score (nSPS) is 20.6. The third kappa shape index (κ3) is 6.15. The van der Waals surface area contributed by atoms with E-state index in [0.717, 1.165) is 12.0 Å². The lowest BCUT2D eigenvalue weighted by Gasteiger charge is -2.23. The third-order valence-corrected chi connectivity index (χ3v) is 4.73. The van der Waals surface area contributed by atoms with Crippen LogP contribution in [0.2, 0.25) is 0 Å². The maximum absolute atomic E-state index is 3.73. The molecule has 0 saturated heterocycles. The van der Waals surface area contributed by atoms with Crippen molar-refractivity contribution in [2.45, 2.75) is 64.8 Å². The van der Waals surface area contributed by atoms with Gasteiger partial charge < -0.3 is 5.32 Å². The molecular weight excluding hydrogens is 214 g/mol. The smallest absolute Gasteiger partial charge is 0.00670 e. The summed E-state index contributed by atoms with van der Waals surface area (Å²) < 4.78 is 0. The summed E-state index contributed by atoms with van der Waals surface area (Å²) in [6.07, 6.45) is 10.1. The van der Waals surface area contributed by atoms with Crippen LogP contribution in [0.5, 0.6) is 0 Å². The third-order valence-electron chi connectivity index (χ3n) is 3.74. The topological polar surface area (TPSA) is 12.0 Å². The first-order valence-electron chi connectivity index (χ1n) is 7.15. The molecule has 0 aromatic carbocycles. The van der Waals surface area contributed by atoms with E-state index in [-0.39, 0.29) is 0 Å². The lowest BCUT2D eigenvalue weighted by atomic mass is 9.93. The molecule has 1 nitrogen and oxygen atoms in total. The van der Waals surface area contributed by atoms with Crippen LogP contribution in [-0.2, 0) is 0 Å². The van der Waals surface area contributed by atoms with Crippen molar-refractivity contribution in [2.75, 3.05) is 18.1 Å². The van der Waals surface area contributed by atoms with Gasteiger partial charge in [-0.1, -0.05) is 32.6 Å². The minimum Gasteiger partial charge on any atom is -0.314 e. The number of rotatable bonds is 7. The van der Waals surface area contributed by atoms with E-state index in [1.807, 2.05) is 0 Å². The molecule has 0 radical (unpaired) electrons. The average Bonchev–Trinajstić information content (AvgIpc) is 2.57. The van der Waals surface area contributed by atoms with Crippen LogP contribution in [0.4, 0.5) is 0 Å². The SMILES string of the molecule is CCSCCCN[C@H](C)C1CCCCCC1. The van der Waals surface area contributed by atoms with Crippen molar-refractivity contribution < 1.29 is 0 Å². The highest BCUT2D eigenvalue weighted by atomic mass is 32.2. The van der Waals surface area contributed by atoms with Gasteiger partial charge in [0, 0.05) is 6.04 Å². The van der Waals surface area contributed by atoms with Crippen molar-refractivity contribution in [1.29, 1.82) is 0 Å². The summed E-state index contributed by atoms with van der Waals surface area (Å²) in [6, 6.07) is 0.740. The minimum absolute atomic E-state index is 0.740. The molecule has 1 rings (SSSR count). The summed E-state index contributed by atoms with van der Waals surface area (Å²) in [4.78, 5) is 0. The van der Waals surface area contributed by atoms with Gasteiger partial charge in [-0.3, -0.25) is 0 Å². The Balaban J connectivity index is 2.05. The molecule has 1 atom stereocenters. The van der Waals surface area contributed by atoms with E-state index in [1.165, 1.54) is 63.0 Å². The second-order valence-electron chi connectivity index (χ2n) is 5.04. The maximum atomic E-state index is 3.73. The Morgan fingerprint density at radius 3 is 2.50 bits per heavy atom. The molecule has 0 aliphatic heterocycles. The van der Waals surface area contributed by atoms with Crippen molar-refractivity contribution in [3.05, 3.63) is 0 Å². The van der Waals surface area contributed by atoms with E-state index < -0.39 is 0 Å². The molecule has 1 aliphatic rings. The van der Waals surface area contributed by atoms with Crippen molar-refractivity contribution in [2.24, 2.45) is 5.92 Å². The Morgan fingerprint density at radius 2 is 1.88 bits per heavy atom. The molecule has 2 heteroatoms. The zero-order chi connectivity index (χ0) is 11.6. The monoisotopic (exact) mass is 243 g/mol. The molecular formula is C14H29NS. The molecule has 0 aromatic heterocycles. The molecule has 0 heterocycles. The van der Waals surface area contributed by atoms with Gasteiger partial charge in [0.05, 0.1) is 0 Å². The summed E-state index contributed by atoms with van der Waals surface area (Å²) in [5.41, 5.74) is 0. The molecule has 0 unspecified atom stereocenters. The average molecular weight is 243 g/mol. The highest BCUT2D eigenvalue weighted by molar-refractivity contribution is 7.99. The molecule has 1 saturated carbocycles. The molecule has 1 N–H and O–H groups in total. The van der Waals surface area contributed by atoms with Crippen molar-refractivity contribution in [3.63, 3.8) is 0 Å². The van der Waals surface area contributed by atoms with Gasteiger partial charge in [0.15, 0.2) is 0 Å². The fourth-order valence-corrected chi connectivity index (χ4v) is 3.26. The van der Waals surface area contributed by atoms with Crippen LogP contribution in [0, 0.1) is 5.92 Å². The summed E-state index contributed by atoms with van der Waals surface area (Å²) in [5, 5.41) is 3.73. The summed E-state index contributed by atoms with van der Waals surface area (Å²) in [5.74, 6) is 3.53. The highest BCUT2D eigenvalue weighted by Crippen LogP contribution is 2.25. The fraction of sp³-hybridized carbons (Fsp3) is 1.00. The number of hydrogen-bond donors (Lipinski definition) is 1. The van der Waals surface area contributed by atoms with Gasteiger partial charge >= 0.3 is 0 Å². The molecule has 0 spiro atoms. The zero-order valence-corrected chi connectivity index (χ0v) is 12.0. The van der Waals surface area contributed by atoms with Gasteiger partial charge in [-0.05, 0) is 50.2 Å². The minimum atomic E-state index is 0.740. The van der Waals surface area contributed by atoms with Gasteiger partial charge in [0.1, 0.15) is 0 Å². The Labute approximate surface area is 106 Å². The van der Waals surface area contributed by atoms with E-state index >= 15 is 0 Å². The first kappa shape index (κ1) is 14.4. The summed E-state index contributed by atoms with van der Waals surface area (Å²) in [6.45, 7) is 5.85. The first-order valence-corrected chi connectivity index (χ1v) is 8.31. The molecule has 0 amide bonds. The van der Waals surface area contributed by atoms with Crippen LogP contribution in [-0.4, -0.2) is 24.1 Å². The number of nitrogens with one attached hydrogen (secondary N) is 1. The van der Waals surface area contributed by atoms with Crippen LogP contribution in [0.3, 0.4) is 0 Å². The van der Waals surface area contributed by atoms with Crippen LogP contribution >= 0.6 is 11.8 Å². The Bertz CT molecular complexity index is 153. The lowest BCUT2D eigenvalue weighted by molar-refractivity contribution is 0.339. The second kappa shape index (κ2) is 9.35. The number of hydrogen-bond acceptors (Lipinski definition) is 2. The Morgan fingerprint density at radius 1 is 1.19 bits per heavy atom. The van der Waals surface area contributed by atoms with Gasteiger partial charge in [-0.15, -0.1) is 0 Å². The van der Waals surface area contributed by atoms with E-state index in [0.29, 0.717) is 0 Å². The van der Waals surface area contributed by atoms with Crippen LogP contribution in [0.1, 0.15) is 58.8 Å². The van der Waals surface area contributed by atoms with Gasteiger partial charge in [-0.2, -0.15) is 11.8 Å². The first-order chi connectivity index (χ1) is 7.84. The van der Waals surface area contributed by atoms with E-state index in [9.17, 15) is 0 Å². The van der Waals surface area contributed by atoms with Gasteiger partial charge in [-0.25, -0.2) is 0 Å². The van der Waals surface area contributed by atoms with E-state index in [1.54, 1.807) is 0 Å². The van der Waals surface area contributed by atoms with Gasteiger partial charge in [0.25, 0.3) is 0 Å². The van der Waals surface area contributed by atoms with Crippen molar-refractivity contribution >= 4 is 11.8 Å². The van der Waals surface area contributed by atoms with Crippen LogP contribution < -0.4 is 5.32 Å². The van der Waals surface area contributed by atoms with E-state index in [2.05, 4.69) is 30.9 Å². The second-order valence-corrected chi connectivity index (χ2v) is 6.44. The molecule has 0 bridgehead atoms. The lowest BCUT2D eigenvalue weighted by Crippen LogP contribution is -2.34. The van der Waals surface area contributed by atoms with Crippen LogP contribution in [0.25, 0.3) is 0 Å². The fourth-order valence-electron chi connectivity index (χ4n) is 2.63. The molecule has 1 aliphatic carbocycles.